The molecule has 0 unspecified atom stereocenters. The van der Waals surface area contributed by atoms with Gasteiger partial charge in [-0.3, -0.25) is 4.79 Å². The lowest BCUT2D eigenvalue weighted by Gasteiger charge is -2.34. The van der Waals surface area contributed by atoms with Crippen LogP contribution in [0.4, 0.5) is 9.93 Å². The lowest BCUT2D eigenvalue weighted by molar-refractivity contribution is -0.121. The van der Waals surface area contributed by atoms with Crippen LogP contribution in [-0.2, 0) is 11.2 Å². The molecule has 1 aliphatic rings. The largest absolute Gasteiger partial charge is 0.325 e. The maximum absolute atomic E-state index is 12.7. The number of hydrogen-bond donors (Lipinski definition) is 1. The number of rotatable bonds is 7. The molecule has 0 spiro atoms. The van der Waals surface area contributed by atoms with Gasteiger partial charge in [0.1, 0.15) is 5.01 Å². The standard InChI is InChI=1S/C22H31N5O2S/c1-4-26(5-2)22(29)27-13-11-18(12-14-27)20(28)23-21-25-24-19(30-21)15-16(3)17-9-7-6-8-10-17/h6-10,16,18H,4-5,11-15H2,1-3H3,(H,23,25,28)/t16-/m1/s1. The number of nitrogens with zero attached hydrogens (tertiary/aromatic N) is 4. The van der Waals surface area contributed by atoms with Crippen LogP contribution in [0.5, 0.6) is 0 Å². The van der Waals surface area contributed by atoms with E-state index < -0.39 is 0 Å². The molecule has 7 nitrogen and oxygen atoms in total. The maximum atomic E-state index is 12.7. The summed E-state index contributed by atoms with van der Waals surface area (Å²) < 4.78 is 0. The highest BCUT2D eigenvalue weighted by atomic mass is 32.1. The number of hydrogen-bond acceptors (Lipinski definition) is 5. The SMILES string of the molecule is CCN(CC)C(=O)N1CCC(C(=O)Nc2nnc(C[C@@H](C)c3ccccc3)s2)CC1. The zero-order valence-electron chi connectivity index (χ0n) is 18.0. The summed E-state index contributed by atoms with van der Waals surface area (Å²) in [5.74, 6) is 0.223. The first kappa shape index (κ1) is 22.2. The molecular weight excluding hydrogens is 398 g/mol. The topological polar surface area (TPSA) is 78.4 Å². The highest BCUT2D eigenvalue weighted by Crippen LogP contribution is 2.25. The minimum atomic E-state index is -0.0960. The summed E-state index contributed by atoms with van der Waals surface area (Å²) in [4.78, 5) is 28.8. The average Bonchev–Trinajstić information content (AvgIpc) is 3.21. The van der Waals surface area contributed by atoms with Crippen LogP contribution in [0.3, 0.4) is 0 Å². The van der Waals surface area contributed by atoms with E-state index in [1.54, 1.807) is 0 Å². The summed E-state index contributed by atoms with van der Waals surface area (Å²) in [6, 6.07) is 10.4. The van der Waals surface area contributed by atoms with Crippen molar-refractivity contribution < 1.29 is 9.59 Å². The Morgan fingerprint density at radius 2 is 1.83 bits per heavy atom. The Bertz CT molecular complexity index is 829. The Balaban J connectivity index is 1.48. The van der Waals surface area contributed by atoms with Crippen LogP contribution in [0.25, 0.3) is 0 Å². The quantitative estimate of drug-likeness (QED) is 0.722. The van der Waals surface area contributed by atoms with Gasteiger partial charge in [0.2, 0.25) is 11.0 Å². The molecule has 1 saturated heterocycles. The van der Waals surface area contributed by atoms with Crippen LogP contribution in [-0.4, -0.2) is 58.1 Å². The molecule has 2 aromatic rings. The molecule has 3 rings (SSSR count). The first-order valence-corrected chi connectivity index (χ1v) is 11.6. The molecule has 30 heavy (non-hydrogen) atoms. The van der Waals surface area contributed by atoms with E-state index in [1.165, 1.54) is 16.9 Å². The second kappa shape index (κ2) is 10.5. The summed E-state index contributed by atoms with van der Waals surface area (Å²) in [6.45, 7) is 8.78. The zero-order valence-corrected chi connectivity index (χ0v) is 18.8. The van der Waals surface area contributed by atoms with Crippen molar-refractivity contribution in [1.82, 2.24) is 20.0 Å². The monoisotopic (exact) mass is 429 g/mol. The van der Waals surface area contributed by atoms with E-state index in [0.717, 1.165) is 11.4 Å². The van der Waals surface area contributed by atoms with Crippen molar-refractivity contribution in [2.75, 3.05) is 31.5 Å². The fourth-order valence-electron chi connectivity index (χ4n) is 3.78. The van der Waals surface area contributed by atoms with Crippen LogP contribution in [0.2, 0.25) is 0 Å². The Morgan fingerprint density at radius 1 is 1.17 bits per heavy atom. The molecule has 0 radical (unpaired) electrons. The summed E-state index contributed by atoms with van der Waals surface area (Å²) in [7, 11) is 0. The van der Waals surface area contributed by atoms with Gasteiger partial charge in [-0.1, -0.05) is 48.6 Å². The van der Waals surface area contributed by atoms with Crippen molar-refractivity contribution >= 4 is 28.4 Å². The minimum absolute atomic E-state index is 0.0243. The number of aromatic nitrogens is 2. The highest BCUT2D eigenvalue weighted by molar-refractivity contribution is 7.15. The second-order valence-electron chi connectivity index (χ2n) is 7.72. The van der Waals surface area contributed by atoms with Crippen LogP contribution < -0.4 is 5.32 Å². The van der Waals surface area contributed by atoms with Gasteiger partial charge >= 0.3 is 6.03 Å². The van der Waals surface area contributed by atoms with Crippen molar-refractivity contribution in [3.05, 3.63) is 40.9 Å². The number of carbonyl (C=O) groups is 2. The number of likely N-dealkylation sites (tertiary alicyclic amines) is 1. The van der Waals surface area contributed by atoms with E-state index in [-0.39, 0.29) is 17.9 Å². The van der Waals surface area contributed by atoms with Gasteiger partial charge in [0.25, 0.3) is 0 Å². The molecule has 1 N–H and O–H groups in total. The Labute approximate surface area is 182 Å². The van der Waals surface area contributed by atoms with Crippen molar-refractivity contribution in [3.8, 4) is 0 Å². The third-order valence-corrected chi connectivity index (χ3v) is 6.58. The molecule has 0 aliphatic carbocycles. The van der Waals surface area contributed by atoms with Crippen LogP contribution in [0, 0.1) is 5.92 Å². The molecule has 1 aliphatic heterocycles. The molecule has 1 atom stereocenters. The van der Waals surface area contributed by atoms with Gasteiger partial charge in [-0.2, -0.15) is 0 Å². The van der Waals surface area contributed by atoms with Gasteiger partial charge in [0, 0.05) is 38.5 Å². The minimum Gasteiger partial charge on any atom is -0.325 e. The number of carbonyl (C=O) groups excluding carboxylic acids is 2. The van der Waals surface area contributed by atoms with E-state index in [0.29, 0.717) is 50.1 Å². The van der Waals surface area contributed by atoms with E-state index in [9.17, 15) is 9.59 Å². The smallest absolute Gasteiger partial charge is 0.319 e. The van der Waals surface area contributed by atoms with Crippen LogP contribution >= 0.6 is 11.3 Å². The molecule has 162 valence electrons. The molecule has 3 amide bonds. The Kier molecular flexibility index (Phi) is 7.79. The number of urea groups is 1. The van der Waals surface area contributed by atoms with Gasteiger partial charge in [-0.25, -0.2) is 4.79 Å². The molecule has 0 saturated carbocycles. The molecule has 0 bridgehead atoms. The number of nitrogens with one attached hydrogen (secondary N) is 1. The van der Waals surface area contributed by atoms with Crippen molar-refractivity contribution in [2.45, 2.75) is 46.0 Å². The van der Waals surface area contributed by atoms with Gasteiger partial charge in [0.15, 0.2) is 0 Å². The lowest BCUT2D eigenvalue weighted by atomic mass is 9.96. The lowest BCUT2D eigenvalue weighted by Crippen LogP contribution is -2.47. The Hall–Kier alpha value is -2.48. The summed E-state index contributed by atoms with van der Waals surface area (Å²) in [5.41, 5.74) is 1.27. The van der Waals surface area contributed by atoms with Crippen molar-refractivity contribution in [2.24, 2.45) is 5.92 Å². The fraction of sp³-hybridized carbons (Fsp3) is 0.545. The van der Waals surface area contributed by atoms with E-state index in [1.807, 2.05) is 41.8 Å². The van der Waals surface area contributed by atoms with Gasteiger partial charge < -0.3 is 15.1 Å². The number of anilines is 1. The predicted molar refractivity (Wildman–Crippen MR) is 120 cm³/mol. The average molecular weight is 430 g/mol. The summed E-state index contributed by atoms with van der Waals surface area (Å²) in [5, 5.41) is 12.8. The number of amides is 3. The molecular formula is C22H31N5O2S. The first-order valence-electron chi connectivity index (χ1n) is 10.7. The third kappa shape index (κ3) is 5.56. The van der Waals surface area contributed by atoms with Gasteiger partial charge in [-0.15, -0.1) is 10.2 Å². The predicted octanol–water partition coefficient (Wildman–Crippen LogP) is 4.00. The van der Waals surface area contributed by atoms with E-state index >= 15 is 0 Å². The number of piperidine rings is 1. The number of benzene rings is 1. The van der Waals surface area contributed by atoms with Crippen LogP contribution in [0.15, 0.2) is 30.3 Å². The molecule has 1 aromatic carbocycles. The summed E-state index contributed by atoms with van der Waals surface area (Å²) in [6.07, 6.45) is 2.15. The van der Waals surface area contributed by atoms with Crippen LogP contribution in [0.1, 0.15) is 50.1 Å². The molecule has 8 heteroatoms. The molecule has 1 fully saturated rings. The molecule has 2 heterocycles. The van der Waals surface area contributed by atoms with Gasteiger partial charge in [0.05, 0.1) is 0 Å². The Morgan fingerprint density at radius 3 is 2.47 bits per heavy atom. The van der Waals surface area contributed by atoms with Crippen molar-refractivity contribution in [1.29, 1.82) is 0 Å². The van der Waals surface area contributed by atoms with E-state index in [4.69, 9.17) is 0 Å². The molecule has 1 aromatic heterocycles. The van der Waals surface area contributed by atoms with Gasteiger partial charge in [-0.05, 0) is 38.2 Å². The maximum Gasteiger partial charge on any atom is 0.319 e. The fourth-order valence-corrected chi connectivity index (χ4v) is 4.65. The zero-order chi connectivity index (χ0) is 21.5. The third-order valence-electron chi connectivity index (χ3n) is 5.72. The second-order valence-corrected chi connectivity index (χ2v) is 8.78. The van der Waals surface area contributed by atoms with Crippen molar-refractivity contribution in [3.63, 3.8) is 0 Å². The summed E-state index contributed by atoms with van der Waals surface area (Å²) >= 11 is 1.44. The van der Waals surface area contributed by atoms with E-state index in [2.05, 4.69) is 34.6 Å². The first-order chi connectivity index (χ1) is 14.5. The normalized spacial score (nSPS) is 15.6. The highest BCUT2D eigenvalue weighted by Gasteiger charge is 2.29.